The van der Waals surface area contributed by atoms with Gasteiger partial charge in [-0.2, -0.15) is 0 Å². The van der Waals surface area contributed by atoms with Crippen molar-refractivity contribution in [3.05, 3.63) is 22.7 Å². The van der Waals surface area contributed by atoms with Crippen LogP contribution in [-0.4, -0.2) is 35.4 Å². The van der Waals surface area contributed by atoms with E-state index in [9.17, 15) is 4.79 Å². The molecule has 20 heavy (non-hydrogen) atoms. The van der Waals surface area contributed by atoms with Crippen LogP contribution in [0.3, 0.4) is 0 Å². The SMILES string of the molecule is O=C(CCN1CCCC1)Nc1nc2ccc(Br)cc2s1. The van der Waals surface area contributed by atoms with E-state index in [0.29, 0.717) is 11.6 Å². The van der Waals surface area contributed by atoms with E-state index in [0.717, 1.165) is 34.3 Å². The lowest BCUT2D eigenvalue weighted by atomic mass is 10.3. The molecular formula is C14H16BrN3OS. The number of thiazole rings is 1. The number of carbonyl (C=O) groups is 1. The molecule has 2 heterocycles. The second-order valence-electron chi connectivity index (χ2n) is 4.98. The number of carbonyl (C=O) groups excluding carboxylic acids is 1. The topological polar surface area (TPSA) is 45.2 Å². The van der Waals surface area contributed by atoms with Gasteiger partial charge in [-0.05, 0) is 44.1 Å². The second-order valence-corrected chi connectivity index (χ2v) is 6.92. The largest absolute Gasteiger partial charge is 0.303 e. The Bertz CT molecular complexity index is 622. The van der Waals surface area contributed by atoms with Crippen LogP contribution >= 0.6 is 27.3 Å². The van der Waals surface area contributed by atoms with Crippen molar-refractivity contribution in [3.8, 4) is 0 Å². The predicted octanol–water partition coefficient (Wildman–Crippen LogP) is 3.48. The molecule has 1 saturated heterocycles. The number of rotatable bonds is 4. The first-order valence-corrected chi connectivity index (χ1v) is 8.40. The molecule has 1 aliphatic rings. The Labute approximate surface area is 130 Å². The average molecular weight is 354 g/mol. The summed E-state index contributed by atoms with van der Waals surface area (Å²) in [7, 11) is 0. The standard InChI is InChI=1S/C14H16BrN3OS/c15-10-3-4-11-12(9-10)20-14(16-11)17-13(19)5-8-18-6-1-2-7-18/h3-4,9H,1-2,5-8H2,(H,16,17,19). The van der Waals surface area contributed by atoms with Crippen molar-refractivity contribution < 1.29 is 4.79 Å². The minimum Gasteiger partial charge on any atom is -0.303 e. The highest BCUT2D eigenvalue weighted by atomic mass is 79.9. The molecule has 3 rings (SSSR count). The molecule has 1 aromatic heterocycles. The van der Waals surface area contributed by atoms with Gasteiger partial charge in [-0.3, -0.25) is 4.79 Å². The van der Waals surface area contributed by atoms with Crippen LogP contribution in [-0.2, 0) is 4.79 Å². The molecule has 0 spiro atoms. The summed E-state index contributed by atoms with van der Waals surface area (Å²) in [5.74, 6) is 0.0509. The smallest absolute Gasteiger partial charge is 0.227 e. The fourth-order valence-corrected chi connectivity index (χ4v) is 3.83. The lowest BCUT2D eigenvalue weighted by molar-refractivity contribution is -0.116. The van der Waals surface area contributed by atoms with Crippen molar-refractivity contribution >= 4 is 48.5 Å². The normalized spacial score (nSPS) is 15.8. The predicted molar refractivity (Wildman–Crippen MR) is 86.2 cm³/mol. The summed E-state index contributed by atoms with van der Waals surface area (Å²) in [5, 5.41) is 3.59. The molecule has 0 bridgehead atoms. The zero-order valence-electron chi connectivity index (χ0n) is 11.1. The van der Waals surface area contributed by atoms with Gasteiger partial charge in [0.05, 0.1) is 10.2 Å². The van der Waals surface area contributed by atoms with Gasteiger partial charge >= 0.3 is 0 Å². The molecule has 1 aliphatic heterocycles. The number of nitrogens with zero attached hydrogens (tertiary/aromatic N) is 2. The molecule has 0 atom stereocenters. The van der Waals surface area contributed by atoms with Crippen LogP contribution < -0.4 is 5.32 Å². The van der Waals surface area contributed by atoms with E-state index in [4.69, 9.17) is 0 Å². The number of anilines is 1. The summed E-state index contributed by atoms with van der Waals surface area (Å²) < 4.78 is 2.11. The second kappa shape index (κ2) is 6.20. The Kier molecular flexibility index (Phi) is 4.33. The van der Waals surface area contributed by atoms with E-state index in [1.165, 1.54) is 24.2 Å². The molecule has 1 amide bonds. The van der Waals surface area contributed by atoms with Gasteiger partial charge in [-0.15, -0.1) is 0 Å². The molecule has 1 aromatic carbocycles. The maximum absolute atomic E-state index is 11.9. The van der Waals surface area contributed by atoms with E-state index in [1.54, 1.807) is 0 Å². The van der Waals surface area contributed by atoms with Crippen LogP contribution in [0.2, 0.25) is 0 Å². The number of hydrogen-bond donors (Lipinski definition) is 1. The summed E-state index contributed by atoms with van der Waals surface area (Å²) in [6, 6.07) is 5.93. The number of aromatic nitrogens is 1. The first kappa shape index (κ1) is 14.0. The van der Waals surface area contributed by atoms with Crippen molar-refractivity contribution in [2.75, 3.05) is 25.0 Å². The molecule has 2 aromatic rings. The Balaban J connectivity index is 1.59. The molecule has 106 valence electrons. The molecule has 0 aliphatic carbocycles. The van der Waals surface area contributed by atoms with E-state index in [1.807, 2.05) is 18.2 Å². The molecule has 1 fully saturated rings. The number of benzene rings is 1. The van der Waals surface area contributed by atoms with Gasteiger partial charge in [0.25, 0.3) is 0 Å². The lowest BCUT2D eigenvalue weighted by Crippen LogP contribution is -2.24. The Morgan fingerprint density at radius 1 is 1.40 bits per heavy atom. The van der Waals surface area contributed by atoms with E-state index >= 15 is 0 Å². The van der Waals surface area contributed by atoms with Crippen LogP contribution in [0.1, 0.15) is 19.3 Å². The van der Waals surface area contributed by atoms with Crippen molar-refractivity contribution in [1.82, 2.24) is 9.88 Å². The lowest BCUT2D eigenvalue weighted by Gasteiger charge is -2.13. The fraction of sp³-hybridized carbons (Fsp3) is 0.429. The number of hydrogen-bond acceptors (Lipinski definition) is 4. The number of halogens is 1. The van der Waals surface area contributed by atoms with Crippen molar-refractivity contribution in [2.24, 2.45) is 0 Å². The van der Waals surface area contributed by atoms with Crippen molar-refractivity contribution in [1.29, 1.82) is 0 Å². The number of amides is 1. The number of nitrogens with one attached hydrogen (secondary N) is 1. The quantitative estimate of drug-likeness (QED) is 0.914. The average Bonchev–Trinajstić information content (AvgIpc) is 3.04. The van der Waals surface area contributed by atoms with Crippen molar-refractivity contribution in [3.63, 3.8) is 0 Å². The van der Waals surface area contributed by atoms with E-state index < -0.39 is 0 Å². The van der Waals surface area contributed by atoms with Gasteiger partial charge in [-0.1, -0.05) is 27.3 Å². The maximum atomic E-state index is 11.9. The van der Waals surface area contributed by atoms with Crippen LogP contribution in [0.5, 0.6) is 0 Å². The van der Waals surface area contributed by atoms with Gasteiger partial charge < -0.3 is 10.2 Å². The van der Waals surface area contributed by atoms with Crippen LogP contribution in [0.15, 0.2) is 22.7 Å². The third kappa shape index (κ3) is 3.37. The molecular weight excluding hydrogens is 338 g/mol. The Morgan fingerprint density at radius 2 is 2.20 bits per heavy atom. The minimum atomic E-state index is 0.0509. The highest BCUT2D eigenvalue weighted by Crippen LogP contribution is 2.28. The minimum absolute atomic E-state index is 0.0509. The Hall–Kier alpha value is -0.980. The fourth-order valence-electron chi connectivity index (χ4n) is 2.40. The van der Waals surface area contributed by atoms with Crippen molar-refractivity contribution in [2.45, 2.75) is 19.3 Å². The molecule has 1 N–H and O–H groups in total. The zero-order valence-corrected chi connectivity index (χ0v) is 13.5. The summed E-state index contributed by atoms with van der Waals surface area (Å²) in [5.41, 5.74) is 0.924. The monoisotopic (exact) mass is 353 g/mol. The Morgan fingerprint density at radius 3 is 3.00 bits per heavy atom. The zero-order chi connectivity index (χ0) is 13.9. The van der Waals surface area contributed by atoms with E-state index in [-0.39, 0.29) is 5.91 Å². The van der Waals surface area contributed by atoms with Gasteiger partial charge in [0.2, 0.25) is 5.91 Å². The first-order chi connectivity index (χ1) is 9.70. The summed E-state index contributed by atoms with van der Waals surface area (Å²) >= 11 is 4.95. The third-order valence-corrected chi connectivity index (χ3v) is 4.88. The van der Waals surface area contributed by atoms with Gasteiger partial charge in [-0.25, -0.2) is 4.98 Å². The highest BCUT2D eigenvalue weighted by Gasteiger charge is 2.13. The highest BCUT2D eigenvalue weighted by molar-refractivity contribution is 9.10. The third-order valence-electron chi connectivity index (χ3n) is 3.45. The van der Waals surface area contributed by atoms with Crippen LogP contribution in [0.4, 0.5) is 5.13 Å². The number of fused-ring (bicyclic) bond motifs is 1. The first-order valence-electron chi connectivity index (χ1n) is 6.79. The summed E-state index contributed by atoms with van der Waals surface area (Å²) in [6.07, 6.45) is 3.06. The van der Waals surface area contributed by atoms with Gasteiger partial charge in [0.15, 0.2) is 5.13 Å². The van der Waals surface area contributed by atoms with Crippen LogP contribution in [0, 0.1) is 0 Å². The molecule has 6 heteroatoms. The summed E-state index contributed by atoms with van der Waals surface area (Å²) in [4.78, 5) is 18.7. The molecule has 0 radical (unpaired) electrons. The van der Waals surface area contributed by atoms with Crippen LogP contribution in [0.25, 0.3) is 10.2 Å². The van der Waals surface area contributed by atoms with Gasteiger partial charge in [0, 0.05) is 17.4 Å². The van der Waals surface area contributed by atoms with E-state index in [2.05, 4.69) is 31.1 Å². The molecule has 0 unspecified atom stereocenters. The molecule has 4 nitrogen and oxygen atoms in total. The number of likely N-dealkylation sites (tertiary alicyclic amines) is 1. The summed E-state index contributed by atoms with van der Waals surface area (Å²) in [6.45, 7) is 3.10. The van der Waals surface area contributed by atoms with Gasteiger partial charge in [0.1, 0.15) is 0 Å². The maximum Gasteiger partial charge on any atom is 0.227 e. The molecule has 0 saturated carbocycles.